The van der Waals surface area contributed by atoms with Gasteiger partial charge in [-0.2, -0.15) is 0 Å². The molecule has 2 aliphatic heterocycles. The number of unbranched alkanes of at least 4 members (excludes halogenated alkanes) is 3. The molecular formula is C33H52Cl2N6O4S. The monoisotopic (exact) mass is 698 g/mol. The smallest absolute Gasteiger partial charge is 0.246 e. The molecular weight excluding hydrogens is 647 g/mol. The number of likely N-dealkylation sites (tertiary alicyclic amines) is 1. The molecule has 46 heavy (non-hydrogen) atoms. The van der Waals surface area contributed by atoms with E-state index < -0.39 is 23.6 Å². The van der Waals surface area contributed by atoms with Gasteiger partial charge in [-0.3, -0.25) is 14.4 Å². The number of aryl methyl sites for hydroxylation is 1. The first-order valence-corrected chi connectivity index (χ1v) is 16.9. The Morgan fingerprint density at radius 2 is 1.74 bits per heavy atom. The zero-order valence-corrected chi connectivity index (χ0v) is 30.0. The average Bonchev–Trinajstić information content (AvgIpc) is 3.61. The summed E-state index contributed by atoms with van der Waals surface area (Å²) in [7, 11) is 0. The largest absolute Gasteiger partial charge is 0.391 e. The molecule has 2 saturated heterocycles. The lowest BCUT2D eigenvalue weighted by Crippen LogP contribution is -2.57. The molecule has 0 radical (unpaired) electrons. The third kappa shape index (κ3) is 11.5. The number of nitrogens with one attached hydrogen (secondary N) is 3. The summed E-state index contributed by atoms with van der Waals surface area (Å²) in [6, 6.07) is 6.38. The van der Waals surface area contributed by atoms with Crippen molar-refractivity contribution in [3.63, 3.8) is 0 Å². The molecule has 0 unspecified atom stereocenters. The van der Waals surface area contributed by atoms with Crippen LogP contribution in [-0.4, -0.2) is 95.1 Å². The van der Waals surface area contributed by atoms with Crippen molar-refractivity contribution in [3.8, 4) is 10.4 Å². The molecule has 3 atom stereocenters. The number of carbonyl (C=O) groups is 3. The van der Waals surface area contributed by atoms with Crippen LogP contribution < -0.4 is 16.0 Å². The Labute approximate surface area is 290 Å². The average molecular weight is 700 g/mol. The molecule has 13 heteroatoms. The Bertz CT molecular complexity index is 1250. The number of aliphatic hydroxyl groups excluding tert-OH is 1. The van der Waals surface area contributed by atoms with Gasteiger partial charge in [0.2, 0.25) is 17.7 Å². The molecule has 2 aliphatic rings. The van der Waals surface area contributed by atoms with Gasteiger partial charge in [0.1, 0.15) is 12.1 Å². The highest BCUT2D eigenvalue weighted by molar-refractivity contribution is 7.13. The van der Waals surface area contributed by atoms with Gasteiger partial charge in [0.05, 0.1) is 22.2 Å². The number of hydrogen-bond acceptors (Lipinski definition) is 8. The topological polar surface area (TPSA) is 127 Å². The number of piperazine rings is 1. The third-order valence-corrected chi connectivity index (χ3v) is 9.53. The Balaban J connectivity index is 0.00000368. The summed E-state index contributed by atoms with van der Waals surface area (Å²) in [5.74, 6) is -0.793. The third-order valence-electron chi connectivity index (χ3n) is 8.55. The minimum absolute atomic E-state index is 0. The van der Waals surface area contributed by atoms with Crippen molar-refractivity contribution in [1.29, 1.82) is 0 Å². The molecule has 0 aliphatic carbocycles. The molecule has 2 aromatic rings. The number of aliphatic hydroxyl groups is 1. The lowest BCUT2D eigenvalue weighted by atomic mass is 9.85. The van der Waals surface area contributed by atoms with E-state index in [2.05, 4.69) is 25.8 Å². The minimum Gasteiger partial charge on any atom is -0.391 e. The SMILES string of the molecule is Cc1ncsc1-c1ccc(CNC(=O)[C@@H]2C[C@@H](O)CN2C(=O)[C@@H](NC(=O)CCCCCCN2CCNCC2)C(C)(C)C)cc1.Cl.Cl. The fourth-order valence-corrected chi connectivity index (χ4v) is 6.73. The van der Waals surface area contributed by atoms with E-state index in [4.69, 9.17) is 0 Å². The molecule has 2 fully saturated rings. The number of rotatable bonds is 13. The number of thiazole rings is 1. The second-order valence-electron chi connectivity index (χ2n) is 13.2. The van der Waals surface area contributed by atoms with E-state index in [9.17, 15) is 19.5 Å². The van der Waals surface area contributed by atoms with Crippen LogP contribution in [0.15, 0.2) is 29.8 Å². The van der Waals surface area contributed by atoms with Crippen LogP contribution in [0.25, 0.3) is 10.4 Å². The summed E-state index contributed by atoms with van der Waals surface area (Å²) in [4.78, 5) is 49.4. The highest BCUT2D eigenvalue weighted by atomic mass is 35.5. The van der Waals surface area contributed by atoms with Gasteiger partial charge in [-0.05, 0) is 42.9 Å². The first-order valence-electron chi connectivity index (χ1n) is 16.0. The van der Waals surface area contributed by atoms with E-state index in [1.165, 1.54) is 4.90 Å². The van der Waals surface area contributed by atoms with Gasteiger partial charge in [-0.25, -0.2) is 4.98 Å². The lowest BCUT2D eigenvalue weighted by molar-refractivity contribution is -0.144. The van der Waals surface area contributed by atoms with Crippen molar-refractivity contribution < 1.29 is 19.5 Å². The van der Waals surface area contributed by atoms with Gasteiger partial charge < -0.3 is 30.9 Å². The summed E-state index contributed by atoms with van der Waals surface area (Å²) in [5.41, 5.74) is 4.26. The minimum atomic E-state index is -0.800. The Morgan fingerprint density at radius 3 is 2.37 bits per heavy atom. The zero-order chi connectivity index (χ0) is 31.7. The second-order valence-corrected chi connectivity index (χ2v) is 14.1. The number of amides is 3. The standard InChI is InChI=1S/C33H50N6O4S.2ClH/c1-23-29(44-22-36-23)25-12-10-24(11-13-25)20-35-31(42)27-19-26(40)21-39(27)32(43)30(33(2,3)4)37-28(41)9-7-5-6-8-16-38-17-14-34-15-18-38;;/h10-13,22,26-27,30,34,40H,5-9,14-21H2,1-4H3,(H,35,42)(H,37,41);2*1H/t26-,27+,30-;;/m1../s1. The maximum absolute atomic E-state index is 13.8. The van der Waals surface area contributed by atoms with Crippen LogP contribution in [0.2, 0.25) is 0 Å². The first kappa shape index (κ1) is 39.9. The Morgan fingerprint density at radius 1 is 1.07 bits per heavy atom. The number of halogens is 2. The van der Waals surface area contributed by atoms with E-state index in [-0.39, 0.29) is 55.5 Å². The van der Waals surface area contributed by atoms with E-state index in [0.29, 0.717) is 13.0 Å². The summed E-state index contributed by atoms with van der Waals surface area (Å²) in [6.45, 7) is 13.5. The first-order chi connectivity index (χ1) is 21.0. The quantitative estimate of drug-likeness (QED) is 0.234. The van der Waals surface area contributed by atoms with Gasteiger partial charge in [0.15, 0.2) is 0 Å². The number of hydrogen-bond donors (Lipinski definition) is 4. The Kier molecular flexibility index (Phi) is 16.4. The summed E-state index contributed by atoms with van der Waals surface area (Å²) in [5, 5.41) is 19.7. The second kappa shape index (κ2) is 18.9. The fourth-order valence-electron chi connectivity index (χ4n) is 5.92. The highest BCUT2D eigenvalue weighted by Gasteiger charge is 2.44. The fraction of sp³-hybridized carbons (Fsp3) is 0.636. The predicted octanol–water partition coefficient (Wildman–Crippen LogP) is 3.93. The summed E-state index contributed by atoms with van der Waals surface area (Å²) < 4.78 is 0. The molecule has 4 rings (SSSR count). The summed E-state index contributed by atoms with van der Waals surface area (Å²) >= 11 is 1.59. The Hall–Kier alpha value is -2.28. The number of benzene rings is 1. The van der Waals surface area contributed by atoms with E-state index >= 15 is 0 Å². The molecule has 4 N–H and O–H groups in total. The van der Waals surface area contributed by atoms with Gasteiger partial charge in [0.25, 0.3) is 0 Å². The number of β-amino-alcohol motifs (C(OH)–C–C–N with tert-alkyl or cyclic N) is 1. The molecule has 10 nitrogen and oxygen atoms in total. The molecule has 3 heterocycles. The van der Waals surface area contributed by atoms with Gasteiger partial charge in [0, 0.05) is 52.1 Å². The van der Waals surface area contributed by atoms with Crippen molar-refractivity contribution in [2.24, 2.45) is 5.41 Å². The van der Waals surface area contributed by atoms with Gasteiger partial charge in [-0.1, -0.05) is 57.9 Å². The van der Waals surface area contributed by atoms with Crippen LogP contribution in [0.4, 0.5) is 0 Å². The van der Waals surface area contributed by atoms with Crippen molar-refractivity contribution in [2.45, 2.75) is 91.0 Å². The normalized spacial score (nSPS) is 19.1. The number of nitrogens with zero attached hydrogens (tertiary/aromatic N) is 3. The number of aromatic nitrogens is 1. The van der Waals surface area contributed by atoms with E-state index in [1.54, 1.807) is 11.3 Å². The van der Waals surface area contributed by atoms with Gasteiger partial charge >= 0.3 is 0 Å². The molecule has 0 spiro atoms. The molecule has 1 aromatic heterocycles. The van der Waals surface area contributed by atoms with Gasteiger partial charge in [-0.15, -0.1) is 36.2 Å². The van der Waals surface area contributed by atoms with Crippen LogP contribution in [0.5, 0.6) is 0 Å². The van der Waals surface area contributed by atoms with Crippen molar-refractivity contribution in [3.05, 3.63) is 41.0 Å². The van der Waals surface area contributed by atoms with Crippen LogP contribution >= 0.6 is 36.2 Å². The molecule has 0 saturated carbocycles. The van der Waals surface area contributed by atoms with Crippen molar-refractivity contribution in [2.75, 3.05) is 39.3 Å². The molecule has 1 aromatic carbocycles. The molecule has 0 bridgehead atoms. The maximum Gasteiger partial charge on any atom is 0.246 e. The van der Waals surface area contributed by atoms with Crippen LogP contribution in [0.1, 0.15) is 70.6 Å². The summed E-state index contributed by atoms with van der Waals surface area (Å²) in [6.07, 6.45) is 3.69. The van der Waals surface area contributed by atoms with E-state index in [0.717, 1.165) is 80.1 Å². The lowest BCUT2D eigenvalue weighted by Gasteiger charge is -2.35. The molecule has 3 amide bonds. The van der Waals surface area contributed by atoms with E-state index in [1.807, 2.05) is 57.5 Å². The maximum atomic E-state index is 13.8. The molecule has 258 valence electrons. The van der Waals surface area contributed by atoms with Crippen molar-refractivity contribution >= 4 is 53.9 Å². The predicted molar refractivity (Wildman–Crippen MR) is 189 cm³/mol. The van der Waals surface area contributed by atoms with Crippen LogP contribution in [0.3, 0.4) is 0 Å². The highest BCUT2D eigenvalue weighted by Crippen LogP contribution is 2.28. The van der Waals surface area contributed by atoms with Crippen molar-refractivity contribution in [1.82, 2.24) is 30.7 Å². The zero-order valence-electron chi connectivity index (χ0n) is 27.5. The van der Waals surface area contributed by atoms with Crippen LogP contribution in [0, 0.1) is 12.3 Å². The number of carbonyl (C=O) groups excluding carboxylic acids is 3. The van der Waals surface area contributed by atoms with Crippen LogP contribution in [-0.2, 0) is 20.9 Å².